The van der Waals surface area contributed by atoms with Gasteiger partial charge in [0.2, 0.25) is 0 Å². The Morgan fingerprint density at radius 1 is 1.04 bits per heavy atom. The van der Waals surface area contributed by atoms with Crippen molar-refractivity contribution in [3.05, 3.63) is 87.9 Å². The molecule has 1 atom stereocenters. The zero-order chi connectivity index (χ0) is 18.4. The van der Waals surface area contributed by atoms with Gasteiger partial charge in [-0.1, -0.05) is 64.5 Å². The molecule has 0 amide bonds. The number of fused-ring (bicyclic) bond motifs is 2. The molecule has 3 heteroatoms. The van der Waals surface area contributed by atoms with Gasteiger partial charge in [-0.05, 0) is 55.7 Å². The van der Waals surface area contributed by atoms with Crippen LogP contribution in [0.4, 0.5) is 0 Å². The van der Waals surface area contributed by atoms with E-state index in [2.05, 4.69) is 66.2 Å². The first-order chi connectivity index (χ1) is 12.4. The van der Waals surface area contributed by atoms with Crippen molar-refractivity contribution in [3.63, 3.8) is 0 Å². The highest BCUT2D eigenvalue weighted by atomic mass is 79.9. The first-order valence-corrected chi connectivity index (χ1v) is 9.56. The van der Waals surface area contributed by atoms with Crippen LogP contribution >= 0.6 is 15.9 Å². The van der Waals surface area contributed by atoms with Crippen molar-refractivity contribution in [2.75, 3.05) is 0 Å². The molecule has 0 aromatic heterocycles. The maximum absolute atomic E-state index is 12.4. The summed E-state index contributed by atoms with van der Waals surface area (Å²) in [6.07, 6.45) is 8.83. The number of aliphatic imine (C=N–C) groups is 1. The van der Waals surface area contributed by atoms with Crippen LogP contribution in [0.5, 0.6) is 0 Å². The Morgan fingerprint density at radius 3 is 2.54 bits per heavy atom. The molecule has 26 heavy (non-hydrogen) atoms. The Hall–Kier alpha value is -2.26. The predicted octanol–water partition coefficient (Wildman–Crippen LogP) is 5.78. The van der Waals surface area contributed by atoms with E-state index in [0.717, 1.165) is 33.3 Å². The zero-order valence-electron chi connectivity index (χ0n) is 14.9. The zero-order valence-corrected chi connectivity index (χ0v) is 16.5. The molecule has 1 aliphatic heterocycles. The third-order valence-corrected chi connectivity index (χ3v) is 5.62. The fourth-order valence-electron chi connectivity index (χ4n) is 4.04. The smallest absolute Gasteiger partial charge is 0.185 e. The van der Waals surface area contributed by atoms with Crippen LogP contribution in [0, 0.1) is 0 Å². The quantitative estimate of drug-likeness (QED) is 0.622. The lowest BCUT2D eigenvalue weighted by Crippen LogP contribution is -2.35. The summed E-state index contributed by atoms with van der Waals surface area (Å²) in [5.41, 5.74) is 3.49. The van der Waals surface area contributed by atoms with Gasteiger partial charge in [-0.3, -0.25) is 9.79 Å². The highest BCUT2D eigenvalue weighted by Gasteiger charge is 2.47. The van der Waals surface area contributed by atoms with E-state index in [1.807, 2.05) is 30.3 Å². The summed E-state index contributed by atoms with van der Waals surface area (Å²) in [5, 5.41) is 0. The number of hydrogen-bond donors (Lipinski definition) is 0. The highest BCUT2D eigenvalue weighted by Crippen LogP contribution is 2.46. The van der Waals surface area contributed by atoms with Crippen molar-refractivity contribution in [1.29, 1.82) is 0 Å². The molecule has 2 aromatic rings. The summed E-state index contributed by atoms with van der Waals surface area (Å²) < 4.78 is 1.06. The van der Waals surface area contributed by atoms with E-state index in [4.69, 9.17) is 4.99 Å². The second-order valence-corrected chi connectivity index (χ2v) is 8.50. The Bertz CT molecular complexity index is 966. The van der Waals surface area contributed by atoms with Gasteiger partial charge in [0.1, 0.15) is 0 Å². The molecule has 2 aromatic carbocycles. The number of hydrogen-bond acceptors (Lipinski definition) is 2. The standard InChI is InChI=1S/C23H20BrNO/c1-22(2)15-23(14-13-20(26)18-5-3-4-6-19(18)23)21(25-22)12-9-16-7-10-17(24)11-8-16/h3-14H,15H2,1-2H3/b12-9+. The molecule has 1 heterocycles. The number of nitrogens with zero attached hydrogens (tertiary/aromatic N) is 1. The van der Waals surface area contributed by atoms with Crippen molar-refractivity contribution < 1.29 is 4.79 Å². The maximum Gasteiger partial charge on any atom is 0.185 e. The second kappa shape index (κ2) is 6.17. The van der Waals surface area contributed by atoms with Gasteiger partial charge >= 0.3 is 0 Å². The van der Waals surface area contributed by atoms with Crippen LogP contribution in [-0.4, -0.2) is 17.0 Å². The molecule has 2 aliphatic rings. The number of carbonyl (C=O) groups is 1. The molecule has 0 bridgehead atoms. The summed E-state index contributed by atoms with van der Waals surface area (Å²) >= 11 is 3.47. The van der Waals surface area contributed by atoms with E-state index in [0.29, 0.717) is 0 Å². The van der Waals surface area contributed by atoms with E-state index in [1.165, 1.54) is 0 Å². The topological polar surface area (TPSA) is 29.4 Å². The molecule has 0 N–H and O–H groups in total. The van der Waals surface area contributed by atoms with Crippen LogP contribution in [0.15, 0.2) is 76.2 Å². The normalized spacial score (nSPS) is 23.5. The molecule has 1 aliphatic carbocycles. The first kappa shape index (κ1) is 17.2. The third kappa shape index (κ3) is 2.90. The Balaban J connectivity index is 1.81. The minimum Gasteiger partial charge on any atom is -0.289 e. The fourth-order valence-corrected chi connectivity index (χ4v) is 4.30. The first-order valence-electron chi connectivity index (χ1n) is 8.77. The average Bonchev–Trinajstić information content (AvgIpc) is 2.89. The molecule has 4 rings (SSSR count). The molecule has 0 radical (unpaired) electrons. The van der Waals surface area contributed by atoms with Gasteiger partial charge in [-0.15, -0.1) is 0 Å². The molecular weight excluding hydrogens is 386 g/mol. The van der Waals surface area contributed by atoms with Crippen LogP contribution in [-0.2, 0) is 5.41 Å². The van der Waals surface area contributed by atoms with E-state index in [1.54, 1.807) is 6.08 Å². The van der Waals surface area contributed by atoms with Gasteiger partial charge in [0.05, 0.1) is 11.0 Å². The van der Waals surface area contributed by atoms with Crippen molar-refractivity contribution >= 4 is 33.5 Å². The maximum atomic E-state index is 12.4. The van der Waals surface area contributed by atoms with Crippen LogP contribution in [0.2, 0.25) is 0 Å². The monoisotopic (exact) mass is 405 g/mol. The molecule has 0 saturated carbocycles. The van der Waals surface area contributed by atoms with Gasteiger partial charge in [-0.25, -0.2) is 0 Å². The molecule has 1 spiro atoms. The van der Waals surface area contributed by atoms with Crippen LogP contribution in [0.3, 0.4) is 0 Å². The van der Waals surface area contributed by atoms with Crippen molar-refractivity contribution in [1.82, 2.24) is 0 Å². The number of halogens is 1. The van der Waals surface area contributed by atoms with E-state index >= 15 is 0 Å². The lowest BCUT2D eigenvalue weighted by atomic mass is 9.67. The summed E-state index contributed by atoms with van der Waals surface area (Å²) in [6, 6.07) is 16.1. The van der Waals surface area contributed by atoms with Crippen molar-refractivity contribution in [2.24, 2.45) is 4.99 Å². The minimum absolute atomic E-state index is 0.0761. The summed E-state index contributed by atoms with van der Waals surface area (Å²) in [7, 11) is 0. The van der Waals surface area contributed by atoms with Crippen molar-refractivity contribution in [3.8, 4) is 0 Å². The second-order valence-electron chi connectivity index (χ2n) is 7.59. The minimum atomic E-state index is -0.333. The van der Waals surface area contributed by atoms with Crippen LogP contribution in [0.25, 0.3) is 6.08 Å². The number of benzene rings is 2. The lowest BCUT2D eigenvalue weighted by molar-refractivity contribution is 0.104. The van der Waals surface area contributed by atoms with Gasteiger partial charge in [0.25, 0.3) is 0 Å². The molecule has 130 valence electrons. The predicted molar refractivity (Wildman–Crippen MR) is 111 cm³/mol. The number of ketones is 1. The van der Waals surface area contributed by atoms with Crippen molar-refractivity contribution in [2.45, 2.75) is 31.2 Å². The summed E-state index contributed by atoms with van der Waals surface area (Å²) in [5.74, 6) is 0.0761. The largest absolute Gasteiger partial charge is 0.289 e. The SMILES string of the molecule is CC1(C)CC2(C=CC(=O)c3ccccc32)C(/C=C/c2ccc(Br)cc2)=N1. The highest BCUT2D eigenvalue weighted by molar-refractivity contribution is 9.10. The molecular formula is C23H20BrNO. The third-order valence-electron chi connectivity index (χ3n) is 5.09. The van der Waals surface area contributed by atoms with Crippen LogP contribution < -0.4 is 0 Å². The molecule has 1 unspecified atom stereocenters. The summed E-state index contributed by atoms with van der Waals surface area (Å²) in [6.45, 7) is 4.31. The fraction of sp³-hybridized carbons (Fsp3) is 0.217. The Labute approximate surface area is 162 Å². The number of rotatable bonds is 2. The molecule has 0 saturated heterocycles. The summed E-state index contributed by atoms with van der Waals surface area (Å²) in [4.78, 5) is 17.4. The van der Waals surface area contributed by atoms with Crippen LogP contribution in [0.1, 0.15) is 41.8 Å². The van der Waals surface area contributed by atoms with Gasteiger partial charge in [0, 0.05) is 15.7 Å². The van der Waals surface area contributed by atoms with Gasteiger partial charge in [0.15, 0.2) is 5.78 Å². The Kier molecular flexibility index (Phi) is 4.07. The molecule has 2 nitrogen and oxygen atoms in total. The Morgan fingerprint density at radius 2 is 1.77 bits per heavy atom. The van der Waals surface area contributed by atoms with E-state index < -0.39 is 0 Å². The number of carbonyl (C=O) groups excluding carboxylic acids is 1. The van der Waals surface area contributed by atoms with E-state index in [-0.39, 0.29) is 16.7 Å². The lowest BCUT2D eigenvalue weighted by Gasteiger charge is -2.33. The van der Waals surface area contributed by atoms with Gasteiger partial charge < -0.3 is 0 Å². The van der Waals surface area contributed by atoms with E-state index in [9.17, 15) is 4.79 Å². The number of allylic oxidation sites excluding steroid dienone is 3. The average molecular weight is 406 g/mol. The van der Waals surface area contributed by atoms with Gasteiger partial charge in [-0.2, -0.15) is 0 Å². The molecule has 0 fully saturated rings.